The number of hydrogen-bond donors (Lipinski definition) is 1. The lowest BCUT2D eigenvalue weighted by atomic mass is 10.2. The van der Waals surface area contributed by atoms with Gasteiger partial charge in [-0.2, -0.15) is 0 Å². The number of nitrogens with zero attached hydrogens (tertiary/aromatic N) is 2. The van der Waals surface area contributed by atoms with E-state index in [0.717, 1.165) is 33.3 Å². The van der Waals surface area contributed by atoms with Gasteiger partial charge in [-0.15, -0.1) is 22.7 Å². The predicted octanol–water partition coefficient (Wildman–Crippen LogP) is 5.78. The van der Waals surface area contributed by atoms with E-state index in [0.29, 0.717) is 10.2 Å². The van der Waals surface area contributed by atoms with E-state index < -0.39 is 0 Å². The highest BCUT2D eigenvalue weighted by atomic mass is 35.5. The van der Waals surface area contributed by atoms with E-state index in [1.807, 2.05) is 59.3 Å². The van der Waals surface area contributed by atoms with E-state index in [9.17, 15) is 4.79 Å². The molecule has 4 rings (SSSR count). The summed E-state index contributed by atoms with van der Waals surface area (Å²) >= 11 is 8.92. The van der Waals surface area contributed by atoms with Gasteiger partial charge in [-0.3, -0.25) is 4.79 Å². The van der Waals surface area contributed by atoms with Crippen LogP contribution >= 0.6 is 34.3 Å². The highest BCUT2D eigenvalue weighted by molar-refractivity contribution is 7.14. The van der Waals surface area contributed by atoms with Crippen molar-refractivity contribution < 1.29 is 9.53 Å². The van der Waals surface area contributed by atoms with E-state index >= 15 is 0 Å². The Morgan fingerprint density at radius 3 is 2.66 bits per heavy atom. The summed E-state index contributed by atoms with van der Waals surface area (Å²) in [4.78, 5) is 21.4. The van der Waals surface area contributed by atoms with Crippen LogP contribution in [-0.4, -0.2) is 23.0 Å². The molecule has 0 radical (unpaired) electrons. The largest absolute Gasteiger partial charge is 0.497 e. The third-order valence-corrected chi connectivity index (χ3v) is 6.03. The first-order valence-electron chi connectivity index (χ1n) is 8.71. The fourth-order valence-electron chi connectivity index (χ4n) is 2.70. The van der Waals surface area contributed by atoms with Crippen LogP contribution in [0, 0.1) is 0 Å². The van der Waals surface area contributed by atoms with Crippen molar-refractivity contribution in [2.24, 2.45) is 0 Å². The zero-order valence-corrected chi connectivity index (χ0v) is 17.8. The van der Waals surface area contributed by atoms with Gasteiger partial charge in [-0.1, -0.05) is 23.7 Å². The van der Waals surface area contributed by atoms with Crippen molar-refractivity contribution in [1.82, 2.24) is 9.97 Å². The van der Waals surface area contributed by atoms with Gasteiger partial charge >= 0.3 is 0 Å². The monoisotopic (exact) mass is 441 g/mol. The second kappa shape index (κ2) is 8.73. The second-order valence-electron chi connectivity index (χ2n) is 6.15. The predicted molar refractivity (Wildman–Crippen MR) is 119 cm³/mol. The Labute approximate surface area is 181 Å². The first-order chi connectivity index (χ1) is 14.1. The number of methoxy groups -OCH3 is 1. The minimum absolute atomic E-state index is 0.149. The standard InChI is InChI=1S/C21H16ClN3O2S2/c1-27-17-7-5-13(6-8-17)18-12-29-21(24-18)25-19(26)10-16-11-28-20(23-16)14-3-2-4-15(22)9-14/h2-9,11-12H,10H2,1H3,(H,24,25,26). The smallest absolute Gasteiger partial charge is 0.232 e. The van der Waals surface area contributed by atoms with E-state index in [-0.39, 0.29) is 12.3 Å². The maximum absolute atomic E-state index is 12.4. The highest BCUT2D eigenvalue weighted by Gasteiger charge is 2.12. The van der Waals surface area contributed by atoms with Crippen LogP contribution in [0.15, 0.2) is 59.3 Å². The van der Waals surface area contributed by atoms with Crippen molar-refractivity contribution in [2.75, 3.05) is 12.4 Å². The van der Waals surface area contributed by atoms with Crippen molar-refractivity contribution in [1.29, 1.82) is 0 Å². The Kier molecular flexibility index (Phi) is 5.89. The molecule has 0 unspecified atom stereocenters. The van der Waals surface area contributed by atoms with E-state index in [1.54, 1.807) is 7.11 Å². The second-order valence-corrected chi connectivity index (χ2v) is 8.30. The van der Waals surface area contributed by atoms with E-state index in [4.69, 9.17) is 16.3 Å². The lowest BCUT2D eigenvalue weighted by Crippen LogP contribution is -2.14. The van der Waals surface area contributed by atoms with Crippen molar-refractivity contribution in [2.45, 2.75) is 6.42 Å². The van der Waals surface area contributed by atoms with Gasteiger partial charge < -0.3 is 10.1 Å². The van der Waals surface area contributed by atoms with Gasteiger partial charge in [0, 0.05) is 26.9 Å². The third-order valence-electron chi connectivity index (χ3n) is 4.10. The molecular weight excluding hydrogens is 426 g/mol. The number of rotatable bonds is 6. The maximum Gasteiger partial charge on any atom is 0.232 e. The molecule has 0 fully saturated rings. The molecule has 0 aliphatic heterocycles. The minimum Gasteiger partial charge on any atom is -0.497 e. The first-order valence-corrected chi connectivity index (χ1v) is 10.8. The molecule has 0 atom stereocenters. The fraction of sp³-hybridized carbons (Fsp3) is 0.0952. The maximum atomic E-state index is 12.4. The van der Waals surface area contributed by atoms with Gasteiger partial charge in [0.15, 0.2) is 5.13 Å². The number of ether oxygens (including phenoxy) is 1. The topological polar surface area (TPSA) is 64.1 Å². The number of thiazole rings is 2. The summed E-state index contributed by atoms with van der Waals surface area (Å²) in [6.45, 7) is 0. The summed E-state index contributed by atoms with van der Waals surface area (Å²) in [5.74, 6) is 0.640. The van der Waals surface area contributed by atoms with Crippen LogP contribution in [0.2, 0.25) is 5.02 Å². The molecule has 8 heteroatoms. The molecule has 0 spiro atoms. The van der Waals surface area contributed by atoms with Crippen LogP contribution in [0.5, 0.6) is 5.75 Å². The van der Waals surface area contributed by atoms with Crippen molar-refractivity contribution in [3.05, 3.63) is 70.0 Å². The fourth-order valence-corrected chi connectivity index (χ4v) is 4.44. The quantitative estimate of drug-likeness (QED) is 0.412. The number of anilines is 1. The number of carbonyl (C=O) groups is 1. The summed E-state index contributed by atoms with van der Waals surface area (Å²) < 4.78 is 5.17. The third kappa shape index (κ3) is 4.82. The summed E-state index contributed by atoms with van der Waals surface area (Å²) in [6.07, 6.45) is 0.189. The Morgan fingerprint density at radius 2 is 1.90 bits per heavy atom. The average Bonchev–Trinajstić information content (AvgIpc) is 3.38. The van der Waals surface area contributed by atoms with Crippen LogP contribution in [0.3, 0.4) is 0 Å². The van der Waals surface area contributed by atoms with Gasteiger partial charge in [0.2, 0.25) is 5.91 Å². The van der Waals surface area contributed by atoms with Crippen molar-refractivity contribution in [3.63, 3.8) is 0 Å². The van der Waals surface area contributed by atoms with E-state index in [1.165, 1.54) is 22.7 Å². The van der Waals surface area contributed by atoms with Gasteiger partial charge in [0.05, 0.1) is 24.9 Å². The molecule has 0 aliphatic carbocycles. The summed E-state index contributed by atoms with van der Waals surface area (Å²) in [7, 11) is 1.63. The Hall–Kier alpha value is -2.74. The number of aromatic nitrogens is 2. The lowest BCUT2D eigenvalue weighted by molar-refractivity contribution is -0.115. The molecule has 1 amide bonds. The van der Waals surface area contributed by atoms with Gasteiger partial charge in [0.1, 0.15) is 10.8 Å². The van der Waals surface area contributed by atoms with Crippen molar-refractivity contribution >= 4 is 45.3 Å². The van der Waals surface area contributed by atoms with Crippen LogP contribution in [0.4, 0.5) is 5.13 Å². The molecule has 146 valence electrons. The molecule has 29 heavy (non-hydrogen) atoms. The molecule has 0 aliphatic rings. The van der Waals surface area contributed by atoms with Gasteiger partial charge in [-0.25, -0.2) is 9.97 Å². The van der Waals surface area contributed by atoms with Crippen molar-refractivity contribution in [3.8, 4) is 27.6 Å². The summed E-state index contributed by atoms with van der Waals surface area (Å²) in [6, 6.07) is 15.2. The highest BCUT2D eigenvalue weighted by Crippen LogP contribution is 2.28. The number of amides is 1. The molecule has 5 nitrogen and oxygen atoms in total. The molecule has 2 aromatic carbocycles. The molecule has 0 saturated carbocycles. The van der Waals surface area contributed by atoms with Crippen LogP contribution in [-0.2, 0) is 11.2 Å². The molecular formula is C21H16ClN3O2S2. The number of hydrogen-bond acceptors (Lipinski definition) is 6. The number of halogens is 1. The van der Waals surface area contributed by atoms with Crippen LogP contribution in [0.1, 0.15) is 5.69 Å². The minimum atomic E-state index is -0.149. The zero-order valence-electron chi connectivity index (χ0n) is 15.4. The average molecular weight is 442 g/mol. The van der Waals surface area contributed by atoms with E-state index in [2.05, 4.69) is 15.3 Å². The number of nitrogens with one attached hydrogen (secondary N) is 1. The molecule has 4 aromatic rings. The number of benzene rings is 2. The van der Waals surface area contributed by atoms with Crippen LogP contribution in [0.25, 0.3) is 21.8 Å². The zero-order chi connectivity index (χ0) is 20.2. The lowest BCUT2D eigenvalue weighted by Gasteiger charge is -2.01. The first kappa shape index (κ1) is 19.6. The molecule has 2 aromatic heterocycles. The molecule has 2 heterocycles. The Balaban J connectivity index is 1.39. The number of carbonyl (C=O) groups excluding carboxylic acids is 1. The van der Waals surface area contributed by atoms with Gasteiger partial charge in [-0.05, 0) is 36.4 Å². The summed E-state index contributed by atoms with van der Waals surface area (Å²) in [5.41, 5.74) is 3.44. The SMILES string of the molecule is COc1ccc(-c2csc(NC(=O)Cc3csc(-c4cccc(Cl)c4)n3)n2)cc1. The Morgan fingerprint density at radius 1 is 1.07 bits per heavy atom. The molecule has 1 N–H and O–H groups in total. The normalized spacial score (nSPS) is 10.7. The van der Waals surface area contributed by atoms with Gasteiger partial charge in [0.25, 0.3) is 0 Å². The summed E-state index contributed by atoms with van der Waals surface area (Å²) in [5, 5.41) is 8.71. The Bertz CT molecular complexity index is 1140. The molecule has 0 saturated heterocycles. The van der Waals surface area contributed by atoms with Crippen LogP contribution < -0.4 is 10.1 Å². The molecule has 0 bridgehead atoms.